The Kier molecular flexibility index (Phi) is 6.23. The molecule has 0 spiro atoms. The van der Waals surface area contributed by atoms with E-state index in [1.54, 1.807) is 0 Å². The summed E-state index contributed by atoms with van der Waals surface area (Å²) in [5, 5.41) is 12.4. The number of hydrogen-bond donors (Lipinski definition) is 4. The molecular weight excluding hydrogens is 406 g/mol. The molecule has 2 aromatic heterocycles. The third kappa shape index (κ3) is 5.06. The molecule has 0 saturated carbocycles. The average molecular weight is 434 g/mol. The maximum absolute atomic E-state index is 12.1. The summed E-state index contributed by atoms with van der Waals surface area (Å²) in [4.78, 5) is 15.4. The topological polar surface area (TPSA) is 73.9 Å². The minimum atomic E-state index is 0.000306. The molecule has 4 aromatic rings. The van der Waals surface area contributed by atoms with E-state index < -0.39 is 0 Å². The van der Waals surface area contributed by atoms with E-state index in [0.29, 0.717) is 11.7 Å². The molecule has 2 aromatic carbocycles. The summed E-state index contributed by atoms with van der Waals surface area (Å²) in [6, 6.07) is 16.5. The number of hydrogen-bond acceptors (Lipinski definition) is 2. The van der Waals surface area contributed by atoms with Crippen LogP contribution in [-0.4, -0.2) is 33.2 Å². The van der Waals surface area contributed by atoms with Gasteiger partial charge in [-0.1, -0.05) is 24.3 Å². The number of nitrogens with one attached hydrogen (secondary N) is 4. The molecule has 0 aliphatic rings. The molecule has 0 radical (unpaired) electrons. The molecule has 7 heteroatoms. The zero-order chi connectivity index (χ0) is 21.8. The van der Waals surface area contributed by atoms with E-state index in [1.807, 2.05) is 54.9 Å². The Labute approximate surface area is 187 Å². The quantitative estimate of drug-likeness (QED) is 0.330. The lowest BCUT2D eigenvalue weighted by Gasteiger charge is -2.12. The number of fused-ring (bicyclic) bond motifs is 2. The second-order valence-electron chi connectivity index (χ2n) is 7.93. The molecule has 0 saturated heterocycles. The smallest absolute Gasteiger partial charge is 0.240 e. The van der Waals surface area contributed by atoms with Gasteiger partial charge in [0.05, 0.1) is 5.52 Å². The number of thiocarbonyl (C=S) groups is 1. The minimum Gasteiger partial charge on any atom is -0.362 e. The normalized spacial score (nSPS) is 11.2. The van der Waals surface area contributed by atoms with Crippen molar-refractivity contribution >= 4 is 50.7 Å². The summed E-state index contributed by atoms with van der Waals surface area (Å²) in [6.07, 6.45) is 4.87. The zero-order valence-corrected chi connectivity index (χ0v) is 18.6. The van der Waals surface area contributed by atoms with Crippen LogP contribution in [0.25, 0.3) is 21.8 Å². The summed E-state index contributed by atoms with van der Waals surface area (Å²) in [5.41, 5.74) is 4.30. The van der Waals surface area contributed by atoms with Crippen molar-refractivity contribution in [3.8, 4) is 0 Å². The molecule has 0 fully saturated rings. The third-order valence-corrected chi connectivity index (χ3v) is 5.40. The van der Waals surface area contributed by atoms with Crippen LogP contribution in [0.1, 0.15) is 19.4 Å². The van der Waals surface area contributed by atoms with Crippen LogP contribution < -0.4 is 16.0 Å². The fourth-order valence-corrected chi connectivity index (χ4v) is 3.97. The molecule has 0 aliphatic heterocycles. The van der Waals surface area contributed by atoms with E-state index in [9.17, 15) is 4.79 Å². The number of carbonyl (C=O) groups is 1. The molecule has 160 valence electrons. The van der Waals surface area contributed by atoms with Gasteiger partial charge in [-0.2, -0.15) is 0 Å². The molecule has 6 nitrogen and oxygen atoms in total. The number of H-pyrrole nitrogens is 1. The van der Waals surface area contributed by atoms with Crippen LogP contribution in [0.4, 0.5) is 5.69 Å². The van der Waals surface area contributed by atoms with Gasteiger partial charge in [0, 0.05) is 41.6 Å². The molecule has 0 unspecified atom stereocenters. The predicted molar refractivity (Wildman–Crippen MR) is 131 cm³/mol. The molecule has 0 aliphatic carbocycles. The Balaban J connectivity index is 1.36. The van der Waals surface area contributed by atoms with Gasteiger partial charge in [-0.05, 0) is 67.7 Å². The van der Waals surface area contributed by atoms with Crippen molar-refractivity contribution in [2.24, 2.45) is 0 Å². The number of benzene rings is 2. The van der Waals surface area contributed by atoms with E-state index in [4.69, 9.17) is 12.2 Å². The van der Waals surface area contributed by atoms with Gasteiger partial charge in [0.15, 0.2) is 5.11 Å². The third-order valence-electron chi connectivity index (χ3n) is 5.15. The van der Waals surface area contributed by atoms with Crippen molar-refractivity contribution < 1.29 is 4.79 Å². The molecule has 4 rings (SSSR count). The van der Waals surface area contributed by atoms with Gasteiger partial charge < -0.3 is 25.5 Å². The van der Waals surface area contributed by atoms with E-state index in [1.165, 1.54) is 10.9 Å². The average Bonchev–Trinajstić information content (AvgIpc) is 3.32. The minimum absolute atomic E-state index is 0.000306. The van der Waals surface area contributed by atoms with Gasteiger partial charge in [-0.25, -0.2) is 0 Å². The van der Waals surface area contributed by atoms with Gasteiger partial charge in [0.25, 0.3) is 0 Å². The second-order valence-corrected chi connectivity index (χ2v) is 8.34. The highest BCUT2D eigenvalue weighted by Gasteiger charge is 2.09. The highest BCUT2D eigenvalue weighted by molar-refractivity contribution is 7.80. The maximum atomic E-state index is 12.1. The molecule has 4 N–H and O–H groups in total. The molecule has 0 bridgehead atoms. The number of amides is 1. The van der Waals surface area contributed by atoms with Gasteiger partial charge in [-0.3, -0.25) is 4.79 Å². The SMILES string of the molecule is CC(C)NC(=O)Cn1ccc2ccc(NC(=S)NCCc3c[nH]c4ccccc34)cc21. The summed E-state index contributed by atoms with van der Waals surface area (Å²) >= 11 is 5.48. The van der Waals surface area contributed by atoms with Crippen LogP contribution in [0.15, 0.2) is 60.9 Å². The highest BCUT2D eigenvalue weighted by atomic mass is 32.1. The standard InChI is InChI=1S/C24H27N5OS/c1-16(2)27-23(30)15-29-12-10-17-7-8-19(13-22(17)29)28-24(31)25-11-9-18-14-26-21-6-4-3-5-20(18)21/h3-8,10,12-14,16,26H,9,11,15H2,1-2H3,(H,27,30)(H2,25,28,31). The Hall–Kier alpha value is -3.32. The zero-order valence-electron chi connectivity index (χ0n) is 17.7. The number of para-hydroxylation sites is 1. The lowest BCUT2D eigenvalue weighted by atomic mass is 10.1. The first-order valence-electron chi connectivity index (χ1n) is 10.5. The van der Waals surface area contributed by atoms with Crippen LogP contribution in [-0.2, 0) is 17.8 Å². The van der Waals surface area contributed by atoms with Crippen molar-refractivity contribution in [2.75, 3.05) is 11.9 Å². The fourth-order valence-electron chi connectivity index (χ4n) is 3.75. The first kappa shape index (κ1) is 20.9. The number of rotatable bonds is 7. The number of aromatic amines is 1. The van der Waals surface area contributed by atoms with Crippen molar-refractivity contribution in [3.63, 3.8) is 0 Å². The summed E-state index contributed by atoms with van der Waals surface area (Å²) in [5.74, 6) is 0.000306. The van der Waals surface area contributed by atoms with Crippen LogP contribution in [0.5, 0.6) is 0 Å². The first-order chi connectivity index (χ1) is 15.0. The predicted octanol–water partition coefficient (Wildman–Crippen LogP) is 4.18. The fraction of sp³-hybridized carbons (Fsp3) is 0.250. The molecule has 1 amide bonds. The van der Waals surface area contributed by atoms with E-state index >= 15 is 0 Å². The van der Waals surface area contributed by atoms with E-state index in [-0.39, 0.29) is 11.9 Å². The van der Waals surface area contributed by atoms with E-state index in [0.717, 1.165) is 35.1 Å². The van der Waals surface area contributed by atoms with Crippen LogP contribution in [0, 0.1) is 0 Å². The van der Waals surface area contributed by atoms with Crippen LogP contribution >= 0.6 is 12.2 Å². The highest BCUT2D eigenvalue weighted by Crippen LogP contribution is 2.21. The van der Waals surface area contributed by atoms with E-state index in [2.05, 4.69) is 45.3 Å². The van der Waals surface area contributed by atoms with Crippen molar-refractivity contribution in [3.05, 3.63) is 66.5 Å². The van der Waals surface area contributed by atoms with Crippen molar-refractivity contribution in [1.82, 2.24) is 20.2 Å². The first-order valence-corrected chi connectivity index (χ1v) is 10.9. The van der Waals surface area contributed by atoms with Crippen LogP contribution in [0.2, 0.25) is 0 Å². The van der Waals surface area contributed by atoms with Gasteiger partial charge in [-0.15, -0.1) is 0 Å². The summed E-state index contributed by atoms with van der Waals surface area (Å²) in [7, 11) is 0. The lowest BCUT2D eigenvalue weighted by Crippen LogP contribution is -2.32. The molecule has 31 heavy (non-hydrogen) atoms. The Morgan fingerprint density at radius 2 is 2.00 bits per heavy atom. The second kappa shape index (κ2) is 9.22. The molecule has 0 atom stereocenters. The van der Waals surface area contributed by atoms with Gasteiger partial charge in [0.2, 0.25) is 5.91 Å². The summed E-state index contributed by atoms with van der Waals surface area (Å²) < 4.78 is 1.95. The molecule has 2 heterocycles. The largest absolute Gasteiger partial charge is 0.362 e. The lowest BCUT2D eigenvalue weighted by molar-refractivity contribution is -0.122. The Morgan fingerprint density at radius 3 is 2.84 bits per heavy atom. The van der Waals surface area contributed by atoms with Crippen LogP contribution in [0.3, 0.4) is 0 Å². The van der Waals surface area contributed by atoms with Gasteiger partial charge in [0.1, 0.15) is 6.54 Å². The van der Waals surface area contributed by atoms with Crippen molar-refractivity contribution in [2.45, 2.75) is 32.9 Å². The number of carbonyl (C=O) groups excluding carboxylic acids is 1. The molecular formula is C24H27N5OS. The number of aromatic nitrogens is 2. The summed E-state index contributed by atoms with van der Waals surface area (Å²) in [6.45, 7) is 4.94. The number of nitrogens with zero attached hydrogens (tertiary/aromatic N) is 1. The van der Waals surface area contributed by atoms with Crippen molar-refractivity contribution in [1.29, 1.82) is 0 Å². The van der Waals surface area contributed by atoms with Gasteiger partial charge >= 0.3 is 0 Å². The Morgan fingerprint density at radius 1 is 1.16 bits per heavy atom. The Bertz CT molecular complexity index is 1220. The maximum Gasteiger partial charge on any atom is 0.240 e. The monoisotopic (exact) mass is 433 g/mol. The number of anilines is 1.